The third-order valence-electron chi connectivity index (χ3n) is 1.64. The van der Waals surface area contributed by atoms with Crippen LogP contribution in [-0.4, -0.2) is 23.6 Å². The summed E-state index contributed by atoms with van der Waals surface area (Å²) in [5.41, 5.74) is 0.379. The van der Waals surface area contributed by atoms with E-state index < -0.39 is 12.0 Å². The molecule has 1 heterocycles. The average molecular weight is 229 g/mol. The van der Waals surface area contributed by atoms with E-state index in [0.29, 0.717) is 12.0 Å². The van der Waals surface area contributed by atoms with Crippen LogP contribution in [-0.2, 0) is 6.18 Å². The van der Waals surface area contributed by atoms with E-state index >= 15 is 0 Å². The zero-order valence-corrected chi connectivity index (χ0v) is 8.60. The normalized spacial score (nSPS) is 10.8. The summed E-state index contributed by atoms with van der Waals surface area (Å²) >= 11 is 0. The highest BCUT2D eigenvalue weighted by Crippen LogP contribution is 2.25. The molecule has 0 atom stereocenters. The zero-order chi connectivity index (χ0) is 12.0. The SMILES string of the molecule is CNCCC#Cc1cnc(C(F)(F)F)nc1. The molecule has 1 N–H and O–H groups in total. The first-order chi connectivity index (χ1) is 7.54. The maximum absolute atomic E-state index is 12.1. The molecule has 0 saturated carbocycles. The Morgan fingerprint density at radius 2 is 1.94 bits per heavy atom. The van der Waals surface area contributed by atoms with Gasteiger partial charge in [0.25, 0.3) is 0 Å². The van der Waals surface area contributed by atoms with E-state index in [-0.39, 0.29) is 0 Å². The monoisotopic (exact) mass is 229 g/mol. The van der Waals surface area contributed by atoms with Crippen LogP contribution in [0.25, 0.3) is 0 Å². The van der Waals surface area contributed by atoms with Gasteiger partial charge in [0.2, 0.25) is 5.82 Å². The van der Waals surface area contributed by atoms with Gasteiger partial charge in [0.05, 0.1) is 5.56 Å². The van der Waals surface area contributed by atoms with Crippen LogP contribution < -0.4 is 5.32 Å². The molecule has 0 aliphatic heterocycles. The topological polar surface area (TPSA) is 37.8 Å². The van der Waals surface area contributed by atoms with Crippen molar-refractivity contribution in [2.75, 3.05) is 13.6 Å². The van der Waals surface area contributed by atoms with Crippen molar-refractivity contribution in [1.29, 1.82) is 0 Å². The third kappa shape index (κ3) is 3.87. The lowest BCUT2D eigenvalue weighted by Crippen LogP contribution is -2.10. The van der Waals surface area contributed by atoms with Gasteiger partial charge in [-0.05, 0) is 7.05 Å². The quantitative estimate of drug-likeness (QED) is 0.616. The van der Waals surface area contributed by atoms with E-state index in [4.69, 9.17) is 0 Å². The minimum Gasteiger partial charge on any atom is -0.319 e. The molecule has 0 bridgehead atoms. The van der Waals surface area contributed by atoms with Crippen molar-refractivity contribution in [2.45, 2.75) is 12.6 Å². The number of alkyl halides is 3. The van der Waals surface area contributed by atoms with Crippen LogP contribution in [0, 0.1) is 11.8 Å². The Morgan fingerprint density at radius 1 is 1.31 bits per heavy atom. The van der Waals surface area contributed by atoms with Crippen molar-refractivity contribution < 1.29 is 13.2 Å². The predicted octanol–water partition coefficient (Wildman–Crippen LogP) is 1.46. The van der Waals surface area contributed by atoms with Gasteiger partial charge in [0.15, 0.2) is 0 Å². The zero-order valence-electron chi connectivity index (χ0n) is 8.60. The fourth-order valence-electron chi connectivity index (χ4n) is 0.891. The molecule has 3 nitrogen and oxygen atoms in total. The summed E-state index contributed by atoms with van der Waals surface area (Å²) in [5.74, 6) is 4.32. The lowest BCUT2D eigenvalue weighted by atomic mass is 10.3. The maximum Gasteiger partial charge on any atom is 0.451 e. The molecule has 6 heteroatoms. The van der Waals surface area contributed by atoms with Crippen LogP contribution >= 0.6 is 0 Å². The Balaban J connectivity index is 2.67. The number of rotatable bonds is 2. The molecule has 1 aromatic heterocycles. The highest BCUT2D eigenvalue weighted by Gasteiger charge is 2.34. The molecule has 0 fully saturated rings. The molecule has 0 aliphatic carbocycles. The Bertz CT molecular complexity index is 387. The van der Waals surface area contributed by atoms with Gasteiger partial charge in [-0.1, -0.05) is 11.8 Å². The van der Waals surface area contributed by atoms with E-state index in [9.17, 15) is 13.2 Å². The summed E-state index contributed by atoms with van der Waals surface area (Å²) in [6.45, 7) is 0.731. The van der Waals surface area contributed by atoms with Gasteiger partial charge < -0.3 is 5.32 Å². The first-order valence-electron chi connectivity index (χ1n) is 4.57. The lowest BCUT2D eigenvalue weighted by molar-refractivity contribution is -0.145. The van der Waals surface area contributed by atoms with Crippen molar-refractivity contribution in [3.8, 4) is 11.8 Å². The smallest absolute Gasteiger partial charge is 0.319 e. The van der Waals surface area contributed by atoms with Crippen LogP contribution in [0.15, 0.2) is 12.4 Å². The van der Waals surface area contributed by atoms with Gasteiger partial charge in [-0.25, -0.2) is 9.97 Å². The highest BCUT2D eigenvalue weighted by molar-refractivity contribution is 5.29. The second kappa shape index (κ2) is 5.47. The number of hydrogen-bond donors (Lipinski definition) is 1. The fraction of sp³-hybridized carbons (Fsp3) is 0.400. The Kier molecular flexibility index (Phi) is 4.26. The third-order valence-corrected chi connectivity index (χ3v) is 1.64. The van der Waals surface area contributed by atoms with E-state index in [2.05, 4.69) is 27.1 Å². The summed E-state index contributed by atoms with van der Waals surface area (Å²) in [5, 5.41) is 2.90. The molecule has 0 saturated heterocycles. The van der Waals surface area contributed by atoms with Crippen LogP contribution in [0.4, 0.5) is 13.2 Å². The van der Waals surface area contributed by atoms with E-state index in [1.165, 1.54) is 0 Å². The largest absolute Gasteiger partial charge is 0.451 e. The number of aromatic nitrogens is 2. The molecule has 1 rings (SSSR count). The maximum atomic E-state index is 12.1. The average Bonchev–Trinajstić information content (AvgIpc) is 2.24. The van der Waals surface area contributed by atoms with Gasteiger partial charge >= 0.3 is 6.18 Å². The minimum atomic E-state index is -4.50. The number of halogens is 3. The second-order valence-electron chi connectivity index (χ2n) is 2.95. The van der Waals surface area contributed by atoms with Crippen molar-refractivity contribution in [3.63, 3.8) is 0 Å². The number of hydrogen-bond acceptors (Lipinski definition) is 3. The lowest BCUT2D eigenvalue weighted by Gasteiger charge is -2.02. The molecule has 0 aliphatic rings. The van der Waals surface area contributed by atoms with Crippen molar-refractivity contribution >= 4 is 0 Å². The van der Waals surface area contributed by atoms with Gasteiger partial charge in [-0.2, -0.15) is 13.2 Å². The van der Waals surface area contributed by atoms with E-state index in [1.807, 2.05) is 0 Å². The van der Waals surface area contributed by atoms with Gasteiger partial charge in [-0.3, -0.25) is 0 Å². The Labute approximate surface area is 91.1 Å². The molecule has 86 valence electrons. The summed E-state index contributed by atoms with van der Waals surface area (Å²) in [6.07, 6.45) is -1.74. The van der Waals surface area contributed by atoms with Crippen LogP contribution in [0.5, 0.6) is 0 Å². The predicted molar refractivity (Wildman–Crippen MR) is 52.5 cm³/mol. The fourth-order valence-corrected chi connectivity index (χ4v) is 0.891. The van der Waals surface area contributed by atoms with Crippen LogP contribution in [0.3, 0.4) is 0 Å². The van der Waals surface area contributed by atoms with Crippen molar-refractivity contribution in [3.05, 3.63) is 23.8 Å². The Morgan fingerprint density at radius 3 is 2.44 bits per heavy atom. The van der Waals surface area contributed by atoms with Gasteiger partial charge in [-0.15, -0.1) is 0 Å². The molecule has 0 unspecified atom stereocenters. The Hall–Kier alpha value is -1.61. The summed E-state index contributed by atoms with van der Waals surface area (Å²) < 4.78 is 36.3. The first-order valence-corrected chi connectivity index (χ1v) is 4.57. The number of nitrogens with zero attached hydrogens (tertiary/aromatic N) is 2. The van der Waals surface area contributed by atoms with E-state index in [1.54, 1.807) is 7.05 Å². The number of nitrogens with one attached hydrogen (secondary N) is 1. The van der Waals surface area contributed by atoms with Crippen molar-refractivity contribution in [1.82, 2.24) is 15.3 Å². The van der Waals surface area contributed by atoms with Crippen LogP contribution in [0.1, 0.15) is 17.8 Å². The summed E-state index contributed by atoms with van der Waals surface area (Å²) in [4.78, 5) is 6.39. The molecule has 1 aromatic rings. The van der Waals surface area contributed by atoms with Gasteiger partial charge in [0, 0.05) is 25.4 Å². The van der Waals surface area contributed by atoms with E-state index in [0.717, 1.165) is 18.9 Å². The minimum absolute atomic E-state index is 0.379. The molecular formula is C10H10F3N3. The molecular weight excluding hydrogens is 219 g/mol. The van der Waals surface area contributed by atoms with Gasteiger partial charge in [0.1, 0.15) is 0 Å². The van der Waals surface area contributed by atoms with Crippen molar-refractivity contribution in [2.24, 2.45) is 0 Å². The molecule has 16 heavy (non-hydrogen) atoms. The van der Waals surface area contributed by atoms with Crippen LogP contribution in [0.2, 0.25) is 0 Å². The molecule has 0 aromatic carbocycles. The first kappa shape index (κ1) is 12.5. The summed E-state index contributed by atoms with van der Waals surface area (Å²) in [7, 11) is 1.79. The second-order valence-corrected chi connectivity index (χ2v) is 2.95. The molecule has 0 spiro atoms. The molecule has 0 amide bonds. The highest BCUT2D eigenvalue weighted by atomic mass is 19.4. The summed E-state index contributed by atoms with van der Waals surface area (Å²) in [6, 6.07) is 0. The molecule has 0 radical (unpaired) electrons. The standard InChI is InChI=1S/C10H10F3N3/c1-14-5-3-2-4-8-6-15-9(16-7-8)10(11,12)13/h6-7,14H,3,5H2,1H3.